The van der Waals surface area contributed by atoms with Crippen molar-refractivity contribution in [2.24, 2.45) is 5.92 Å². The Labute approximate surface area is 151 Å². The van der Waals surface area contributed by atoms with Crippen LogP contribution in [0.2, 0.25) is 0 Å². The molecule has 0 radical (unpaired) electrons. The van der Waals surface area contributed by atoms with Crippen molar-refractivity contribution in [3.05, 3.63) is 73.0 Å². The fourth-order valence-electron chi connectivity index (χ4n) is 3.44. The summed E-state index contributed by atoms with van der Waals surface area (Å²) in [5, 5.41) is 0. The lowest BCUT2D eigenvalue weighted by Crippen LogP contribution is -2.32. The van der Waals surface area contributed by atoms with Crippen LogP contribution in [-0.2, 0) is 6.54 Å². The molecule has 0 bridgehead atoms. The highest BCUT2D eigenvalue weighted by atomic mass is 16.5. The van der Waals surface area contributed by atoms with Gasteiger partial charge in [0.2, 0.25) is 0 Å². The highest BCUT2D eigenvalue weighted by Crippen LogP contribution is 2.32. The molecule has 0 saturated carbocycles. The van der Waals surface area contributed by atoms with Crippen molar-refractivity contribution in [2.45, 2.75) is 26.3 Å². The minimum absolute atomic E-state index is 0.627. The molecule has 1 aromatic carbocycles. The number of anilines is 1. The Morgan fingerprint density at radius 2 is 2.08 bits per heavy atom. The molecule has 1 atom stereocenters. The molecule has 0 saturated heterocycles. The zero-order valence-electron chi connectivity index (χ0n) is 15.2. The molecule has 0 N–H and O–H groups in total. The molecule has 1 aliphatic carbocycles. The second-order valence-corrected chi connectivity index (χ2v) is 6.88. The number of allylic oxidation sites excluding steroid dienone is 4. The van der Waals surface area contributed by atoms with Crippen LogP contribution < -0.4 is 9.64 Å². The van der Waals surface area contributed by atoms with E-state index in [-0.39, 0.29) is 0 Å². The summed E-state index contributed by atoms with van der Waals surface area (Å²) in [6, 6.07) is 6.45. The molecule has 1 unspecified atom stereocenters. The summed E-state index contributed by atoms with van der Waals surface area (Å²) in [6.07, 6.45) is 12.8. The van der Waals surface area contributed by atoms with Gasteiger partial charge in [-0.25, -0.2) is 0 Å². The first kappa shape index (κ1) is 17.4. The van der Waals surface area contributed by atoms with Gasteiger partial charge in [0.15, 0.2) is 6.73 Å². The Kier molecular flexibility index (Phi) is 5.64. The topological polar surface area (TPSA) is 15.7 Å². The highest BCUT2D eigenvalue weighted by molar-refractivity contribution is 5.54. The fourth-order valence-corrected chi connectivity index (χ4v) is 3.44. The van der Waals surface area contributed by atoms with Crippen molar-refractivity contribution in [3.8, 4) is 5.75 Å². The fraction of sp³-hybridized carbons (Fsp3) is 0.364. The Bertz CT molecular complexity index is 679. The Hall–Kier alpha value is -2.42. The van der Waals surface area contributed by atoms with Crippen LogP contribution in [0.1, 0.15) is 25.3 Å². The van der Waals surface area contributed by atoms with E-state index in [0.29, 0.717) is 12.6 Å². The number of fused-ring (bicyclic) bond motifs is 1. The van der Waals surface area contributed by atoms with Crippen molar-refractivity contribution in [1.82, 2.24) is 4.90 Å². The zero-order valence-corrected chi connectivity index (χ0v) is 15.2. The van der Waals surface area contributed by atoms with Crippen molar-refractivity contribution in [1.29, 1.82) is 0 Å². The van der Waals surface area contributed by atoms with E-state index >= 15 is 0 Å². The third-order valence-corrected chi connectivity index (χ3v) is 4.77. The van der Waals surface area contributed by atoms with Gasteiger partial charge >= 0.3 is 0 Å². The van der Waals surface area contributed by atoms with E-state index in [9.17, 15) is 0 Å². The molecule has 0 amide bonds. The summed E-state index contributed by atoms with van der Waals surface area (Å²) in [7, 11) is 0. The average Bonchev–Trinajstić information content (AvgIpc) is 2.85. The van der Waals surface area contributed by atoms with Crippen molar-refractivity contribution in [2.75, 3.05) is 24.7 Å². The second kappa shape index (κ2) is 8.11. The molecular formula is C22H28N2O. The van der Waals surface area contributed by atoms with Gasteiger partial charge in [0.1, 0.15) is 5.75 Å². The SMILES string of the molecule is C=CCN(CC=C)c1ccc2c(c1)CN(C1=CC=CCC(C)C1)CO2. The number of ether oxygens (including phenoxy) is 1. The molecular weight excluding hydrogens is 308 g/mol. The van der Waals surface area contributed by atoms with Gasteiger partial charge in [0.05, 0.1) is 0 Å². The average molecular weight is 336 g/mol. The monoisotopic (exact) mass is 336 g/mol. The van der Waals surface area contributed by atoms with Gasteiger partial charge in [-0.3, -0.25) is 0 Å². The first-order chi connectivity index (χ1) is 12.2. The Balaban J connectivity index is 1.80. The quantitative estimate of drug-likeness (QED) is 0.688. The summed E-state index contributed by atoms with van der Waals surface area (Å²) in [5.74, 6) is 1.67. The molecule has 1 heterocycles. The van der Waals surface area contributed by atoms with Gasteiger partial charge < -0.3 is 14.5 Å². The molecule has 2 aliphatic rings. The van der Waals surface area contributed by atoms with Gasteiger partial charge in [0, 0.05) is 36.6 Å². The Morgan fingerprint density at radius 3 is 2.84 bits per heavy atom. The van der Waals surface area contributed by atoms with E-state index in [1.54, 1.807) is 0 Å². The number of hydrogen-bond donors (Lipinski definition) is 0. The molecule has 1 aromatic rings. The highest BCUT2D eigenvalue weighted by Gasteiger charge is 2.21. The number of nitrogens with zero attached hydrogens (tertiary/aromatic N) is 2. The summed E-state index contributed by atoms with van der Waals surface area (Å²) >= 11 is 0. The number of rotatable bonds is 6. The molecule has 3 rings (SSSR count). The van der Waals surface area contributed by atoms with Crippen LogP contribution >= 0.6 is 0 Å². The number of hydrogen-bond acceptors (Lipinski definition) is 3. The molecule has 25 heavy (non-hydrogen) atoms. The lowest BCUT2D eigenvalue weighted by atomic mass is 10.0. The van der Waals surface area contributed by atoms with Crippen LogP contribution in [0.25, 0.3) is 0 Å². The first-order valence-electron chi connectivity index (χ1n) is 9.04. The second-order valence-electron chi connectivity index (χ2n) is 6.88. The lowest BCUT2D eigenvalue weighted by molar-refractivity contribution is 0.122. The van der Waals surface area contributed by atoms with Crippen LogP contribution in [-0.4, -0.2) is 24.7 Å². The van der Waals surface area contributed by atoms with E-state index in [2.05, 4.69) is 66.3 Å². The largest absolute Gasteiger partial charge is 0.473 e. The maximum absolute atomic E-state index is 6.02. The first-order valence-corrected chi connectivity index (χ1v) is 9.04. The van der Waals surface area contributed by atoms with Crippen LogP contribution in [0.3, 0.4) is 0 Å². The van der Waals surface area contributed by atoms with Crippen LogP contribution in [0, 0.1) is 5.92 Å². The Morgan fingerprint density at radius 1 is 1.28 bits per heavy atom. The van der Waals surface area contributed by atoms with E-state index in [1.807, 2.05) is 12.2 Å². The zero-order chi connectivity index (χ0) is 17.6. The maximum atomic E-state index is 6.02. The van der Waals surface area contributed by atoms with Crippen molar-refractivity contribution >= 4 is 5.69 Å². The van der Waals surface area contributed by atoms with Gasteiger partial charge in [0.25, 0.3) is 0 Å². The van der Waals surface area contributed by atoms with Crippen molar-refractivity contribution in [3.63, 3.8) is 0 Å². The molecule has 0 spiro atoms. The van der Waals surface area contributed by atoms with Gasteiger partial charge in [-0.15, -0.1) is 13.2 Å². The van der Waals surface area contributed by atoms with Crippen molar-refractivity contribution < 1.29 is 4.74 Å². The standard InChI is InChI=1S/C22H28N2O/c1-4-12-23(13-5-2)21-10-11-22-19(15-21)16-24(17-25-22)20-9-7-6-8-18(3)14-20/h4-7,9-11,15,18H,1-2,8,12-14,16-17H2,3H3. The molecule has 0 aromatic heterocycles. The summed E-state index contributed by atoms with van der Waals surface area (Å²) in [6.45, 7) is 13.2. The predicted octanol–water partition coefficient (Wildman–Crippen LogP) is 4.89. The van der Waals surface area contributed by atoms with Crippen LogP contribution in [0.4, 0.5) is 5.69 Å². The third-order valence-electron chi connectivity index (χ3n) is 4.77. The molecule has 132 valence electrons. The van der Waals surface area contributed by atoms with Gasteiger partial charge in [-0.1, -0.05) is 31.2 Å². The lowest BCUT2D eigenvalue weighted by Gasteiger charge is -2.34. The van der Waals surface area contributed by atoms with Gasteiger partial charge in [-0.2, -0.15) is 0 Å². The van der Waals surface area contributed by atoms with Gasteiger partial charge in [-0.05, 0) is 43.0 Å². The van der Waals surface area contributed by atoms with E-state index in [0.717, 1.165) is 38.2 Å². The van der Waals surface area contributed by atoms with E-state index in [1.165, 1.54) is 16.9 Å². The summed E-state index contributed by atoms with van der Waals surface area (Å²) < 4.78 is 6.02. The molecule has 1 aliphatic heterocycles. The third kappa shape index (κ3) is 4.16. The smallest absolute Gasteiger partial charge is 0.161 e. The predicted molar refractivity (Wildman–Crippen MR) is 106 cm³/mol. The molecule has 0 fully saturated rings. The van der Waals surface area contributed by atoms with Crippen LogP contribution in [0.5, 0.6) is 5.75 Å². The summed E-state index contributed by atoms with van der Waals surface area (Å²) in [4.78, 5) is 4.61. The molecule has 3 heteroatoms. The van der Waals surface area contributed by atoms with E-state index < -0.39 is 0 Å². The maximum Gasteiger partial charge on any atom is 0.161 e. The normalized spacial score (nSPS) is 19.3. The minimum atomic E-state index is 0.627. The van der Waals surface area contributed by atoms with E-state index in [4.69, 9.17) is 4.74 Å². The summed E-state index contributed by atoms with van der Waals surface area (Å²) in [5.41, 5.74) is 3.79. The van der Waals surface area contributed by atoms with Crippen LogP contribution in [0.15, 0.2) is 67.4 Å². The minimum Gasteiger partial charge on any atom is -0.473 e. The number of benzene rings is 1. The molecule has 3 nitrogen and oxygen atoms in total.